The molecule has 7 nitrogen and oxygen atoms in total. The van der Waals surface area contributed by atoms with Crippen molar-refractivity contribution in [2.75, 3.05) is 13.7 Å². The zero-order chi connectivity index (χ0) is 25.8. The molecule has 0 spiro atoms. The second-order valence-corrected chi connectivity index (χ2v) is 9.32. The molecule has 36 heavy (non-hydrogen) atoms. The van der Waals surface area contributed by atoms with E-state index >= 15 is 0 Å². The number of aliphatic hydroxyl groups excluding tert-OH is 1. The van der Waals surface area contributed by atoms with Crippen LogP contribution in [-0.2, 0) is 16.1 Å². The van der Waals surface area contributed by atoms with Gasteiger partial charge in [-0.2, -0.15) is 0 Å². The van der Waals surface area contributed by atoms with Crippen LogP contribution in [0.25, 0.3) is 5.76 Å². The zero-order valence-corrected chi connectivity index (χ0v) is 21.0. The lowest BCUT2D eigenvalue weighted by atomic mass is 9.95. The van der Waals surface area contributed by atoms with Gasteiger partial charge >= 0.3 is 0 Å². The SMILES string of the molecule is COc1ccc(/C(O)=C2\C(=O)C(=O)N(Cc3ccncc3)C2c2cccc(OCC(C)C)c2)cc1Cl. The van der Waals surface area contributed by atoms with Gasteiger partial charge in [-0.3, -0.25) is 14.6 Å². The normalized spacial score (nSPS) is 17.0. The fourth-order valence-electron chi connectivity index (χ4n) is 4.08. The van der Waals surface area contributed by atoms with E-state index < -0.39 is 17.7 Å². The highest BCUT2D eigenvalue weighted by Crippen LogP contribution is 2.41. The average Bonchev–Trinajstić information content (AvgIpc) is 3.12. The molecule has 8 heteroatoms. The quantitative estimate of drug-likeness (QED) is 0.250. The molecule has 1 fully saturated rings. The predicted molar refractivity (Wildman–Crippen MR) is 137 cm³/mol. The number of carbonyl (C=O) groups is 2. The van der Waals surface area contributed by atoms with E-state index in [0.29, 0.717) is 35.2 Å². The highest BCUT2D eigenvalue weighted by molar-refractivity contribution is 6.46. The number of halogens is 1. The van der Waals surface area contributed by atoms with E-state index in [2.05, 4.69) is 4.98 Å². The Bertz CT molecular complexity index is 1310. The van der Waals surface area contributed by atoms with E-state index in [9.17, 15) is 14.7 Å². The van der Waals surface area contributed by atoms with Gasteiger partial charge in [0.2, 0.25) is 0 Å². The molecule has 1 amide bonds. The first-order valence-corrected chi connectivity index (χ1v) is 11.9. The van der Waals surface area contributed by atoms with Gasteiger partial charge in [0.25, 0.3) is 11.7 Å². The Labute approximate surface area is 214 Å². The van der Waals surface area contributed by atoms with Crippen LogP contribution in [0, 0.1) is 5.92 Å². The van der Waals surface area contributed by atoms with Gasteiger partial charge in [-0.1, -0.05) is 37.6 Å². The number of benzene rings is 2. The minimum Gasteiger partial charge on any atom is -0.507 e. The number of ether oxygens (including phenoxy) is 2. The highest BCUT2D eigenvalue weighted by Gasteiger charge is 2.46. The second kappa shape index (κ2) is 10.8. The number of aromatic nitrogens is 1. The van der Waals surface area contributed by atoms with Gasteiger partial charge in [-0.05, 0) is 59.5 Å². The molecule has 3 aromatic rings. The minimum absolute atomic E-state index is 0.0173. The van der Waals surface area contributed by atoms with Crippen LogP contribution in [0.2, 0.25) is 5.02 Å². The van der Waals surface area contributed by atoms with Crippen molar-refractivity contribution in [3.8, 4) is 11.5 Å². The lowest BCUT2D eigenvalue weighted by Gasteiger charge is -2.26. The number of hydrogen-bond acceptors (Lipinski definition) is 6. The second-order valence-electron chi connectivity index (χ2n) is 8.91. The van der Waals surface area contributed by atoms with Crippen LogP contribution in [0.3, 0.4) is 0 Å². The summed E-state index contributed by atoms with van der Waals surface area (Å²) in [5.74, 6) is -0.418. The molecule has 1 saturated heterocycles. The third kappa shape index (κ3) is 5.21. The zero-order valence-electron chi connectivity index (χ0n) is 20.3. The first kappa shape index (κ1) is 25.3. The lowest BCUT2D eigenvalue weighted by Crippen LogP contribution is -2.29. The topological polar surface area (TPSA) is 89.0 Å². The Balaban J connectivity index is 1.84. The van der Waals surface area contributed by atoms with Gasteiger partial charge in [-0.25, -0.2) is 0 Å². The number of pyridine rings is 1. The monoisotopic (exact) mass is 506 g/mol. The molecule has 0 bridgehead atoms. The Hall–Kier alpha value is -3.84. The van der Waals surface area contributed by atoms with Gasteiger partial charge in [0.05, 0.1) is 30.4 Å². The van der Waals surface area contributed by atoms with Crippen molar-refractivity contribution in [2.24, 2.45) is 5.92 Å². The molecule has 1 atom stereocenters. The van der Waals surface area contributed by atoms with Crippen molar-refractivity contribution in [1.29, 1.82) is 0 Å². The summed E-state index contributed by atoms with van der Waals surface area (Å²) in [4.78, 5) is 32.0. The molecule has 0 radical (unpaired) electrons. The first-order chi connectivity index (χ1) is 17.3. The number of carbonyl (C=O) groups excluding carboxylic acids is 2. The van der Waals surface area contributed by atoms with Gasteiger partial charge in [0.1, 0.15) is 17.3 Å². The van der Waals surface area contributed by atoms with Crippen LogP contribution in [0.4, 0.5) is 0 Å². The number of rotatable bonds is 8. The molecule has 1 aliphatic rings. The summed E-state index contributed by atoms with van der Waals surface area (Å²) in [6.45, 7) is 4.78. The summed E-state index contributed by atoms with van der Waals surface area (Å²) in [5, 5.41) is 11.6. The molecule has 2 aromatic carbocycles. The van der Waals surface area contributed by atoms with Crippen molar-refractivity contribution < 1.29 is 24.2 Å². The van der Waals surface area contributed by atoms with E-state index in [1.807, 2.05) is 32.0 Å². The van der Waals surface area contributed by atoms with Gasteiger partial charge in [-0.15, -0.1) is 0 Å². The predicted octanol–water partition coefficient (Wildman–Crippen LogP) is 5.40. The summed E-state index contributed by atoms with van der Waals surface area (Å²) in [5.41, 5.74) is 1.73. The molecule has 1 N–H and O–H groups in total. The van der Waals surface area contributed by atoms with E-state index in [4.69, 9.17) is 21.1 Å². The van der Waals surface area contributed by atoms with Crippen molar-refractivity contribution in [3.05, 3.63) is 94.3 Å². The molecule has 4 rings (SSSR count). The van der Waals surface area contributed by atoms with Crippen LogP contribution in [-0.4, -0.2) is 40.4 Å². The van der Waals surface area contributed by atoms with E-state index in [1.54, 1.807) is 42.7 Å². The number of hydrogen-bond donors (Lipinski definition) is 1. The van der Waals surface area contributed by atoms with Gasteiger partial charge in [0, 0.05) is 24.5 Å². The number of aliphatic hydroxyl groups is 1. The molecule has 186 valence electrons. The number of nitrogens with zero attached hydrogens (tertiary/aromatic N) is 2. The Morgan fingerprint density at radius 2 is 1.86 bits per heavy atom. The number of likely N-dealkylation sites (tertiary alicyclic amines) is 1. The number of ketones is 1. The fraction of sp³-hybridized carbons (Fsp3) is 0.250. The summed E-state index contributed by atoms with van der Waals surface area (Å²) < 4.78 is 11.1. The number of amides is 1. The maximum atomic E-state index is 13.3. The minimum atomic E-state index is -0.832. The van der Waals surface area contributed by atoms with Crippen molar-refractivity contribution in [2.45, 2.75) is 26.4 Å². The third-order valence-corrected chi connectivity index (χ3v) is 6.12. The number of Topliss-reactive ketones (excluding diaryl/α,β-unsaturated/α-hetero) is 1. The molecular formula is C28H27ClN2O5. The molecule has 1 aromatic heterocycles. The van der Waals surface area contributed by atoms with E-state index in [0.717, 1.165) is 5.56 Å². The van der Waals surface area contributed by atoms with Crippen LogP contribution < -0.4 is 9.47 Å². The molecule has 0 saturated carbocycles. The van der Waals surface area contributed by atoms with Crippen molar-refractivity contribution in [1.82, 2.24) is 9.88 Å². The van der Waals surface area contributed by atoms with Crippen molar-refractivity contribution in [3.63, 3.8) is 0 Å². The largest absolute Gasteiger partial charge is 0.507 e. The Morgan fingerprint density at radius 3 is 2.53 bits per heavy atom. The smallest absolute Gasteiger partial charge is 0.295 e. The average molecular weight is 507 g/mol. The standard InChI is InChI=1S/C28H27ClN2O5/c1-17(2)16-36-21-6-4-5-19(13-21)25-24(26(32)20-7-8-23(35-3)22(29)14-20)27(33)28(34)31(25)15-18-9-11-30-12-10-18/h4-14,17,25,32H,15-16H2,1-3H3/b26-24+. The molecule has 0 aliphatic carbocycles. The van der Waals surface area contributed by atoms with Crippen LogP contribution in [0.5, 0.6) is 11.5 Å². The fourth-order valence-corrected chi connectivity index (χ4v) is 4.34. The molecule has 1 unspecified atom stereocenters. The first-order valence-electron chi connectivity index (χ1n) is 11.5. The Kier molecular flexibility index (Phi) is 7.60. The molecule has 2 heterocycles. The summed E-state index contributed by atoms with van der Waals surface area (Å²) in [6.07, 6.45) is 3.25. The van der Waals surface area contributed by atoms with Crippen molar-refractivity contribution >= 4 is 29.1 Å². The molecule has 1 aliphatic heterocycles. The lowest BCUT2D eigenvalue weighted by molar-refractivity contribution is -0.140. The summed E-state index contributed by atoms with van der Waals surface area (Å²) in [6, 6.07) is 14.7. The third-order valence-electron chi connectivity index (χ3n) is 5.82. The van der Waals surface area contributed by atoms with Crippen LogP contribution in [0.1, 0.15) is 36.6 Å². The van der Waals surface area contributed by atoms with Gasteiger partial charge in [0.15, 0.2) is 0 Å². The molecular weight excluding hydrogens is 480 g/mol. The highest BCUT2D eigenvalue weighted by atomic mass is 35.5. The summed E-state index contributed by atoms with van der Waals surface area (Å²) in [7, 11) is 1.49. The number of methoxy groups -OCH3 is 1. The van der Waals surface area contributed by atoms with E-state index in [1.165, 1.54) is 18.1 Å². The summed E-state index contributed by atoms with van der Waals surface area (Å²) >= 11 is 6.27. The van der Waals surface area contributed by atoms with Crippen LogP contribution >= 0.6 is 11.6 Å². The van der Waals surface area contributed by atoms with Crippen LogP contribution in [0.15, 0.2) is 72.6 Å². The maximum absolute atomic E-state index is 13.3. The van der Waals surface area contributed by atoms with E-state index in [-0.39, 0.29) is 22.9 Å². The maximum Gasteiger partial charge on any atom is 0.295 e. The Morgan fingerprint density at radius 1 is 1.11 bits per heavy atom. The van der Waals surface area contributed by atoms with Gasteiger partial charge < -0.3 is 19.5 Å².